The second-order valence-corrected chi connectivity index (χ2v) is 6.32. The lowest BCUT2D eigenvalue weighted by molar-refractivity contribution is 0.266. The number of benzene rings is 1. The first-order valence-electron chi connectivity index (χ1n) is 8.75. The first-order valence-corrected chi connectivity index (χ1v) is 8.75. The van der Waals surface area contributed by atoms with Crippen molar-refractivity contribution < 1.29 is 0 Å². The van der Waals surface area contributed by atoms with E-state index in [0.717, 1.165) is 43.0 Å². The summed E-state index contributed by atoms with van der Waals surface area (Å²) in [5.41, 5.74) is 1.06. The standard InChI is InChI=1S/C18H26N6.HI/c1-3-19-18(23-11-7-8-15(2)13-23)20-12-17-22-21-14-24(17)16-9-5-4-6-10-16;/h4-6,9-10,14-15H,3,7-8,11-13H2,1-2H3,(H,19,20);1H. The van der Waals surface area contributed by atoms with Crippen molar-refractivity contribution in [3.05, 3.63) is 42.5 Å². The van der Waals surface area contributed by atoms with Crippen molar-refractivity contribution in [3.63, 3.8) is 0 Å². The quantitative estimate of drug-likeness (QED) is 0.439. The number of aromatic nitrogens is 3. The summed E-state index contributed by atoms with van der Waals surface area (Å²) in [7, 11) is 0. The van der Waals surface area contributed by atoms with E-state index in [4.69, 9.17) is 4.99 Å². The molecule has 0 aliphatic carbocycles. The number of likely N-dealkylation sites (tertiary alicyclic amines) is 1. The van der Waals surface area contributed by atoms with Gasteiger partial charge in [-0.1, -0.05) is 25.1 Å². The highest BCUT2D eigenvalue weighted by Gasteiger charge is 2.19. The van der Waals surface area contributed by atoms with Gasteiger partial charge in [0.2, 0.25) is 0 Å². The molecule has 0 radical (unpaired) electrons. The Kier molecular flexibility index (Phi) is 7.67. The van der Waals surface area contributed by atoms with Crippen molar-refractivity contribution in [3.8, 4) is 5.69 Å². The number of hydrogen-bond donors (Lipinski definition) is 1. The third-order valence-corrected chi connectivity index (χ3v) is 4.31. The number of hydrogen-bond acceptors (Lipinski definition) is 3. The van der Waals surface area contributed by atoms with E-state index in [0.29, 0.717) is 6.54 Å². The second kappa shape index (κ2) is 9.74. The van der Waals surface area contributed by atoms with Gasteiger partial charge in [-0.05, 0) is 37.8 Å². The summed E-state index contributed by atoms with van der Waals surface area (Å²) in [6, 6.07) is 10.1. The van der Waals surface area contributed by atoms with Gasteiger partial charge in [-0.25, -0.2) is 4.99 Å². The molecule has 0 spiro atoms. The number of piperidine rings is 1. The molecule has 1 aromatic heterocycles. The van der Waals surface area contributed by atoms with E-state index in [1.54, 1.807) is 6.33 Å². The summed E-state index contributed by atoms with van der Waals surface area (Å²) in [6.07, 6.45) is 4.28. The number of halogens is 1. The Morgan fingerprint density at radius 2 is 2.12 bits per heavy atom. The fraction of sp³-hybridized carbons (Fsp3) is 0.500. The van der Waals surface area contributed by atoms with Crippen molar-refractivity contribution >= 4 is 29.9 Å². The van der Waals surface area contributed by atoms with Crippen molar-refractivity contribution in [2.45, 2.75) is 33.2 Å². The van der Waals surface area contributed by atoms with Crippen LogP contribution in [0.5, 0.6) is 0 Å². The molecule has 1 aliphatic heterocycles. The van der Waals surface area contributed by atoms with Gasteiger partial charge < -0.3 is 10.2 Å². The molecule has 1 atom stereocenters. The average Bonchev–Trinajstić information content (AvgIpc) is 3.08. The predicted octanol–water partition coefficient (Wildman–Crippen LogP) is 3.08. The number of rotatable bonds is 4. The predicted molar refractivity (Wildman–Crippen MR) is 112 cm³/mol. The van der Waals surface area contributed by atoms with Crippen LogP contribution in [0.4, 0.5) is 0 Å². The first-order chi connectivity index (χ1) is 11.8. The van der Waals surface area contributed by atoms with Gasteiger partial charge in [-0.15, -0.1) is 34.2 Å². The maximum absolute atomic E-state index is 4.81. The maximum Gasteiger partial charge on any atom is 0.194 e. The zero-order valence-corrected chi connectivity index (χ0v) is 17.3. The van der Waals surface area contributed by atoms with Gasteiger partial charge in [0.15, 0.2) is 11.8 Å². The fourth-order valence-electron chi connectivity index (χ4n) is 3.12. The highest BCUT2D eigenvalue weighted by Crippen LogP contribution is 2.16. The highest BCUT2D eigenvalue weighted by molar-refractivity contribution is 14.0. The van der Waals surface area contributed by atoms with Crippen LogP contribution >= 0.6 is 24.0 Å². The molecule has 1 unspecified atom stereocenters. The van der Waals surface area contributed by atoms with E-state index in [1.807, 2.05) is 34.9 Å². The highest BCUT2D eigenvalue weighted by atomic mass is 127. The number of guanidine groups is 1. The van der Waals surface area contributed by atoms with Crippen molar-refractivity contribution in [2.75, 3.05) is 19.6 Å². The van der Waals surface area contributed by atoms with Crippen LogP contribution < -0.4 is 5.32 Å². The normalized spacial score (nSPS) is 17.9. The Hall–Kier alpha value is -1.64. The smallest absolute Gasteiger partial charge is 0.194 e. The fourth-order valence-corrected chi connectivity index (χ4v) is 3.12. The summed E-state index contributed by atoms with van der Waals surface area (Å²) >= 11 is 0. The molecule has 1 aliphatic rings. The molecule has 1 fully saturated rings. The van der Waals surface area contributed by atoms with Crippen LogP contribution in [0.1, 0.15) is 32.5 Å². The van der Waals surface area contributed by atoms with Crippen LogP contribution in [0.15, 0.2) is 41.7 Å². The summed E-state index contributed by atoms with van der Waals surface area (Å²) in [6.45, 7) is 7.94. The third kappa shape index (κ3) is 5.17. The van der Waals surface area contributed by atoms with Crippen LogP contribution in [-0.2, 0) is 6.54 Å². The molecular weight excluding hydrogens is 427 g/mol. The topological polar surface area (TPSA) is 58.3 Å². The molecule has 3 rings (SSSR count). The molecule has 2 aromatic rings. The molecule has 0 saturated carbocycles. The summed E-state index contributed by atoms with van der Waals surface area (Å²) in [5, 5.41) is 11.7. The lowest BCUT2D eigenvalue weighted by atomic mass is 10.0. The Balaban J connectivity index is 0.00000225. The molecule has 0 amide bonds. The van der Waals surface area contributed by atoms with Gasteiger partial charge >= 0.3 is 0 Å². The number of nitrogens with one attached hydrogen (secondary N) is 1. The largest absolute Gasteiger partial charge is 0.357 e. The maximum atomic E-state index is 4.81. The van der Waals surface area contributed by atoms with Crippen LogP contribution in [0.25, 0.3) is 5.69 Å². The van der Waals surface area contributed by atoms with Gasteiger partial charge in [0.1, 0.15) is 12.9 Å². The van der Waals surface area contributed by atoms with E-state index >= 15 is 0 Å². The molecule has 1 saturated heterocycles. The molecule has 6 nitrogen and oxygen atoms in total. The number of aliphatic imine (C=N–C) groups is 1. The first kappa shape index (κ1) is 19.7. The van der Waals surface area contributed by atoms with E-state index in [-0.39, 0.29) is 24.0 Å². The molecule has 1 N–H and O–H groups in total. The molecule has 136 valence electrons. The van der Waals surface area contributed by atoms with Crippen molar-refractivity contribution in [1.29, 1.82) is 0 Å². The lowest BCUT2D eigenvalue weighted by Crippen LogP contribution is -2.46. The van der Waals surface area contributed by atoms with Gasteiger partial charge in [0.05, 0.1) is 0 Å². The van der Waals surface area contributed by atoms with Gasteiger partial charge in [0.25, 0.3) is 0 Å². The summed E-state index contributed by atoms with van der Waals surface area (Å²) < 4.78 is 1.99. The third-order valence-electron chi connectivity index (χ3n) is 4.31. The zero-order chi connectivity index (χ0) is 16.8. The van der Waals surface area contributed by atoms with E-state index in [2.05, 4.69) is 34.3 Å². The van der Waals surface area contributed by atoms with Gasteiger partial charge in [-0.2, -0.15) is 0 Å². The van der Waals surface area contributed by atoms with Gasteiger partial charge in [-0.3, -0.25) is 4.57 Å². The Labute approximate surface area is 166 Å². The van der Waals surface area contributed by atoms with E-state index in [1.165, 1.54) is 12.8 Å². The Morgan fingerprint density at radius 3 is 2.84 bits per heavy atom. The van der Waals surface area contributed by atoms with Crippen LogP contribution in [0, 0.1) is 5.92 Å². The minimum Gasteiger partial charge on any atom is -0.357 e. The number of nitrogens with zero attached hydrogens (tertiary/aromatic N) is 5. The SMILES string of the molecule is CCNC(=NCc1nncn1-c1ccccc1)N1CCCC(C)C1.I. The van der Waals surface area contributed by atoms with Crippen LogP contribution in [0.2, 0.25) is 0 Å². The number of para-hydroxylation sites is 1. The summed E-state index contributed by atoms with van der Waals surface area (Å²) in [4.78, 5) is 7.17. The lowest BCUT2D eigenvalue weighted by Gasteiger charge is -2.33. The minimum atomic E-state index is 0. The average molecular weight is 454 g/mol. The van der Waals surface area contributed by atoms with E-state index < -0.39 is 0 Å². The van der Waals surface area contributed by atoms with Crippen LogP contribution in [0.3, 0.4) is 0 Å². The molecule has 1 aromatic carbocycles. The van der Waals surface area contributed by atoms with E-state index in [9.17, 15) is 0 Å². The van der Waals surface area contributed by atoms with Crippen molar-refractivity contribution in [2.24, 2.45) is 10.9 Å². The molecule has 0 bridgehead atoms. The Morgan fingerprint density at radius 1 is 1.32 bits per heavy atom. The van der Waals surface area contributed by atoms with Crippen molar-refractivity contribution in [1.82, 2.24) is 25.0 Å². The minimum absolute atomic E-state index is 0. The molecule has 25 heavy (non-hydrogen) atoms. The molecular formula is C18H27IN6. The summed E-state index contributed by atoms with van der Waals surface area (Å²) in [5.74, 6) is 2.55. The molecule has 2 heterocycles. The molecule has 7 heteroatoms. The van der Waals surface area contributed by atoms with Gasteiger partial charge in [0, 0.05) is 25.3 Å². The monoisotopic (exact) mass is 454 g/mol. The van der Waals surface area contributed by atoms with Crippen LogP contribution in [-0.4, -0.2) is 45.3 Å². The second-order valence-electron chi connectivity index (χ2n) is 6.32. The zero-order valence-electron chi connectivity index (χ0n) is 14.9. The Bertz CT molecular complexity index is 669.